The Labute approximate surface area is 100 Å². The topological polar surface area (TPSA) is 48.1 Å². The van der Waals surface area contributed by atoms with E-state index >= 15 is 0 Å². The van der Waals surface area contributed by atoms with Gasteiger partial charge >= 0.3 is 5.97 Å². The van der Waals surface area contributed by atoms with Crippen LogP contribution in [0.3, 0.4) is 0 Å². The number of rotatable bonds is 4. The standard InChI is InChI=1S/C13H16O4/c1-4-16-13(14)12-11(17-12)10-6-5-9(15-3)7-8(10)2/h5-7,11-12H,4H2,1-3H3. The van der Waals surface area contributed by atoms with Gasteiger partial charge in [0.15, 0.2) is 6.10 Å². The van der Waals surface area contributed by atoms with E-state index in [1.54, 1.807) is 14.0 Å². The lowest BCUT2D eigenvalue weighted by Crippen LogP contribution is -2.12. The van der Waals surface area contributed by atoms with E-state index in [-0.39, 0.29) is 12.1 Å². The predicted octanol–water partition coefficient (Wildman–Crippen LogP) is 2.01. The Kier molecular flexibility index (Phi) is 3.33. The number of aryl methyl sites for hydroxylation is 1. The van der Waals surface area contributed by atoms with Crippen LogP contribution in [0.2, 0.25) is 0 Å². The van der Waals surface area contributed by atoms with Crippen molar-refractivity contribution in [2.24, 2.45) is 0 Å². The third-order valence-electron chi connectivity index (χ3n) is 2.79. The first-order valence-corrected chi connectivity index (χ1v) is 5.64. The number of carbonyl (C=O) groups is 1. The number of methoxy groups -OCH3 is 1. The molecule has 1 aliphatic rings. The van der Waals surface area contributed by atoms with E-state index in [1.807, 2.05) is 25.1 Å². The number of epoxide rings is 1. The fourth-order valence-electron chi connectivity index (χ4n) is 1.85. The molecule has 1 aromatic rings. The van der Waals surface area contributed by atoms with E-state index < -0.39 is 6.10 Å². The minimum absolute atomic E-state index is 0.167. The number of hydrogen-bond donors (Lipinski definition) is 0. The number of hydrogen-bond acceptors (Lipinski definition) is 4. The zero-order valence-corrected chi connectivity index (χ0v) is 10.2. The van der Waals surface area contributed by atoms with E-state index in [9.17, 15) is 4.79 Å². The summed E-state index contributed by atoms with van der Waals surface area (Å²) in [5.41, 5.74) is 2.07. The molecule has 0 amide bonds. The first kappa shape index (κ1) is 11.9. The summed E-state index contributed by atoms with van der Waals surface area (Å²) >= 11 is 0. The van der Waals surface area contributed by atoms with Crippen LogP contribution < -0.4 is 4.74 Å². The lowest BCUT2D eigenvalue weighted by Gasteiger charge is -2.05. The van der Waals surface area contributed by atoms with Crippen LogP contribution in [0, 0.1) is 6.92 Å². The number of ether oxygens (including phenoxy) is 3. The van der Waals surface area contributed by atoms with Crippen LogP contribution in [0.25, 0.3) is 0 Å². The van der Waals surface area contributed by atoms with Gasteiger partial charge in [0.05, 0.1) is 13.7 Å². The van der Waals surface area contributed by atoms with Crippen molar-refractivity contribution < 1.29 is 19.0 Å². The molecule has 0 aromatic heterocycles. The van der Waals surface area contributed by atoms with Gasteiger partial charge in [0, 0.05) is 0 Å². The average molecular weight is 236 g/mol. The Morgan fingerprint density at radius 1 is 1.47 bits per heavy atom. The summed E-state index contributed by atoms with van der Waals surface area (Å²) in [5, 5.41) is 0. The summed E-state index contributed by atoms with van der Waals surface area (Å²) in [6.45, 7) is 4.14. The molecule has 92 valence electrons. The Balaban J connectivity index is 2.08. The van der Waals surface area contributed by atoms with Crippen LogP contribution in [0.5, 0.6) is 5.75 Å². The Morgan fingerprint density at radius 3 is 2.82 bits per heavy atom. The van der Waals surface area contributed by atoms with Crippen molar-refractivity contribution in [3.8, 4) is 5.75 Å². The molecule has 4 heteroatoms. The zero-order chi connectivity index (χ0) is 12.4. The summed E-state index contributed by atoms with van der Waals surface area (Å²) in [7, 11) is 1.63. The second kappa shape index (κ2) is 4.75. The van der Waals surface area contributed by atoms with Gasteiger partial charge in [-0.2, -0.15) is 0 Å². The first-order chi connectivity index (χ1) is 8.17. The van der Waals surface area contributed by atoms with E-state index in [4.69, 9.17) is 14.2 Å². The number of carbonyl (C=O) groups excluding carboxylic acids is 1. The lowest BCUT2D eigenvalue weighted by atomic mass is 10.0. The summed E-state index contributed by atoms with van der Waals surface area (Å²) in [6.07, 6.45) is -0.609. The van der Waals surface area contributed by atoms with Crippen molar-refractivity contribution in [3.05, 3.63) is 29.3 Å². The highest BCUT2D eigenvalue weighted by Gasteiger charge is 2.47. The van der Waals surface area contributed by atoms with Gasteiger partial charge in [-0.25, -0.2) is 4.79 Å². The molecule has 0 radical (unpaired) electrons. The van der Waals surface area contributed by atoms with Gasteiger partial charge in [0.2, 0.25) is 0 Å². The van der Waals surface area contributed by atoms with Gasteiger partial charge < -0.3 is 14.2 Å². The smallest absolute Gasteiger partial charge is 0.338 e. The number of benzene rings is 1. The van der Waals surface area contributed by atoms with Gasteiger partial charge in [-0.15, -0.1) is 0 Å². The molecule has 2 rings (SSSR count). The van der Waals surface area contributed by atoms with Crippen molar-refractivity contribution in [2.75, 3.05) is 13.7 Å². The maximum absolute atomic E-state index is 11.5. The molecule has 0 N–H and O–H groups in total. The molecule has 2 unspecified atom stereocenters. The van der Waals surface area contributed by atoms with Crippen molar-refractivity contribution in [2.45, 2.75) is 26.1 Å². The van der Waals surface area contributed by atoms with E-state index in [2.05, 4.69) is 0 Å². The maximum atomic E-state index is 11.5. The molecule has 0 bridgehead atoms. The lowest BCUT2D eigenvalue weighted by molar-refractivity contribution is -0.144. The fraction of sp³-hybridized carbons (Fsp3) is 0.462. The van der Waals surface area contributed by atoms with Crippen LogP contribution in [0.4, 0.5) is 0 Å². The van der Waals surface area contributed by atoms with Crippen LogP contribution in [0.15, 0.2) is 18.2 Å². The SMILES string of the molecule is CCOC(=O)C1OC1c1ccc(OC)cc1C. The Bertz CT molecular complexity index is 427. The molecule has 17 heavy (non-hydrogen) atoms. The first-order valence-electron chi connectivity index (χ1n) is 5.64. The average Bonchev–Trinajstić information content (AvgIpc) is 3.09. The van der Waals surface area contributed by atoms with Crippen LogP contribution >= 0.6 is 0 Å². The highest BCUT2D eigenvalue weighted by Crippen LogP contribution is 2.41. The molecule has 4 nitrogen and oxygen atoms in total. The van der Waals surface area contributed by atoms with E-state index in [1.165, 1.54) is 0 Å². The quantitative estimate of drug-likeness (QED) is 0.592. The van der Waals surface area contributed by atoms with Gasteiger partial charge in [-0.1, -0.05) is 6.07 Å². The second-order valence-electron chi connectivity index (χ2n) is 3.95. The molecule has 1 aliphatic heterocycles. The van der Waals surface area contributed by atoms with Crippen LogP contribution in [-0.4, -0.2) is 25.8 Å². The maximum Gasteiger partial charge on any atom is 0.338 e. The van der Waals surface area contributed by atoms with Crippen molar-refractivity contribution >= 4 is 5.97 Å². The minimum Gasteiger partial charge on any atom is -0.497 e. The van der Waals surface area contributed by atoms with Gasteiger partial charge in [0.1, 0.15) is 11.9 Å². The zero-order valence-electron chi connectivity index (χ0n) is 10.2. The van der Waals surface area contributed by atoms with Crippen LogP contribution in [0.1, 0.15) is 24.2 Å². The highest BCUT2D eigenvalue weighted by atomic mass is 16.6. The van der Waals surface area contributed by atoms with Gasteiger partial charge in [-0.05, 0) is 37.1 Å². The van der Waals surface area contributed by atoms with Crippen LogP contribution in [-0.2, 0) is 14.3 Å². The fourth-order valence-corrected chi connectivity index (χ4v) is 1.85. The highest BCUT2D eigenvalue weighted by molar-refractivity contribution is 5.78. The third kappa shape index (κ3) is 2.42. The van der Waals surface area contributed by atoms with Gasteiger partial charge in [0.25, 0.3) is 0 Å². The molecular weight excluding hydrogens is 220 g/mol. The van der Waals surface area contributed by atoms with E-state index in [0.29, 0.717) is 6.61 Å². The van der Waals surface area contributed by atoms with Crippen molar-refractivity contribution in [3.63, 3.8) is 0 Å². The molecule has 1 heterocycles. The monoisotopic (exact) mass is 236 g/mol. The third-order valence-corrected chi connectivity index (χ3v) is 2.79. The molecule has 0 saturated carbocycles. The predicted molar refractivity (Wildman–Crippen MR) is 62.0 cm³/mol. The van der Waals surface area contributed by atoms with E-state index in [0.717, 1.165) is 16.9 Å². The van der Waals surface area contributed by atoms with Gasteiger partial charge in [-0.3, -0.25) is 0 Å². The molecule has 1 aromatic carbocycles. The molecular formula is C13H16O4. The number of esters is 1. The van der Waals surface area contributed by atoms with Crippen molar-refractivity contribution in [1.82, 2.24) is 0 Å². The minimum atomic E-state index is -0.443. The molecule has 0 spiro atoms. The molecule has 1 saturated heterocycles. The molecule has 0 aliphatic carbocycles. The van der Waals surface area contributed by atoms with Crippen molar-refractivity contribution in [1.29, 1.82) is 0 Å². The molecule has 1 fully saturated rings. The largest absolute Gasteiger partial charge is 0.497 e. The second-order valence-corrected chi connectivity index (χ2v) is 3.95. The molecule has 2 atom stereocenters. The Hall–Kier alpha value is -1.55. The summed E-state index contributed by atoms with van der Waals surface area (Å²) < 4.78 is 15.4. The summed E-state index contributed by atoms with van der Waals surface area (Å²) in [6, 6.07) is 5.73. The normalized spacial score (nSPS) is 22.1. The summed E-state index contributed by atoms with van der Waals surface area (Å²) in [4.78, 5) is 11.5. The summed E-state index contributed by atoms with van der Waals surface area (Å²) in [5.74, 6) is 0.521. The Morgan fingerprint density at radius 2 is 2.24 bits per heavy atom.